The molecule has 188 valence electrons. The molecule has 0 saturated heterocycles. The molecule has 0 bridgehead atoms. The van der Waals surface area contributed by atoms with Crippen molar-refractivity contribution in [2.24, 2.45) is 16.5 Å². The Morgan fingerprint density at radius 2 is 1.76 bits per heavy atom. The second-order valence-electron chi connectivity index (χ2n) is 6.71. The highest BCUT2D eigenvalue weighted by Crippen LogP contribution is 2.17. The number of amides is 1. The fourth-order valence-electron chi connectivity index (χ4n) is 2.59. The Hall–Kier alpha value is -3.06. The van der Waals surface area contributed by atoms with Crippen molar-refractivity contribution in [1.82, 2.24) is 15.3 Å². The number of nitrogen functional groups attached to an aromatic ring is 2. The smallest absolute Gasteiger partial charge is 0.308 e. The normalized spacial score (nSPS) is 11.5. The van der Waals surface area contributed by atoms with Gasteiger partial charge in [-0.05, 0) is 37.0 Å². The highest BCUT2D eigenvalue weighted by molar-refractivity contribution is 6.31. The molecule has 0 spiro atoms. The SMILES string of the molecule is Cl.Cl.NC(=NCCCCc1ccc(O[C@@H](N)CC(=O)O)cc1)NC(=O)c1nc(Cl)c(N)nc1N. The standard InChI is InChI=1S/C19H25ClN8O4.2ClH/c20-15-17(23)27-16(22)14(26-15)18(31)28-19(24)25-8-2-1-3-10-4-6-11(7-5-10)32-12(21)9-13(29)30;;/h4-7,12H,1-3,8-9,21H2,(H,29,30)(H4,22,23,27)(H3,24,25,28,31);2*1H/t12-;;/m1../s1. The molecule has 0 aliphatic heterocycles. The molecule has 0 aliphatic carbocycles. The van der Waals surface area contributed by atoms with E-state index in [0.717, 1.165) is 24.8 Å². The predicted octanol–water partition coefficient (Wildman–Crippen LogP) is 1.34. The number of hydrogen-bond donors (Lipinski definition) is 6. The van der Waals surface area contributed by atoms with Crippen LogP contribution in [0.5, 0.6) is 5.75 Å². The van der Waals surface area contributed by atoms with Crippen LogP contribution in [0.4, 0.5) is 11.6 Å². The lowest BCUT2D eigenvalue weighted by Crippen LogP contribution is -2.38. The summed E-state index contributed by atoms with van der Waals surface area (Å²) in [7, 11) is 0. The molecular weight excluding hydrogens is 511 g/mol. The van der Waals surface area contributed by atoms with Crippen LogP contribution < -0.4 is 33.0 Å². The molecule has 0 radical (unpaired) electrons. The Bertz CT molecular complexity index is 992. The number of ether oxygens (including phenoxy) is 1. The van der Waals surface area contributed by atoms with Gasteiger partial charge < -0.3 is 27.0 Å². The molecule has 2 aromatic rings. The van der Waals surface area contributed by atoms with Crippen molar-refractivity contribution in [3.63, 3.8) is 0 Å². The van der Waals surface area contributed by atoms with Gasteiger partial charge in [0.1, 0.15) is 5.75 Å². The third kappa shape index (κ3) is 10.3. The summed E-state index contributed by atoms with van der Waals surface area (Å²) in [5.41, 5.74) is 23.3. The minimum Gasteiger partial charge on any atom is -0.481 e. The van der Waals surface area contributed by atoms with Gasteiger partial charge in [0.15, 0.2) is 34.7 Å². The van der Waals surface area contributed by atoms with Gasteiger partial charge >= 0.3 is 5.97 Å². The molecule has 0 aliphatic rings. The van der Waals surface area contributed by atoms with Crippen LogP contribution in [-0.2, 0) is 11.2 Å². The number of halogens is 3. The number of nitrogens with one attached hydrogen (secondary N) is 1. The van der Waals surface area contributed by atoms with E-state index in [4.69, 9.17) is 44.4 Å². The highest BCUT2D eigenvalue weighted by Gasteiger charge is 2.16. The number of anilines is 2. The van der Waals surface area contributed by atoms with E-state index in [-0.39, 0.29) is 59.7 Å². The number of aromatic nitrogens is 2. The molecule has 1 aromatic heterocycles. The maximum absolute atomic E-state index is 12.2. The van der Waals surface area contributed by atoms with Crippen LogP contribution in [-0.4, -0.2) is 45.7 Å². The molecule has 1 atom stereocenters. The number of aryl methyl sites for hydroxylation is 1. The molecule has 34 heavy (non-hydrogen) atoms. The molecule has 10 N–H and O–H groups in total. The van der Waals surface area contributed by atoms with Crippen molar-refractivity contribution < 1.29 is 19.4 Å². The van der Waals surface area contributed by atoms with Crippen molar-refractivity contribution >= 4 is 65.9 Å². The summed E-state index contributed by atoms with van der Waals surface area (Å²) in [6, 6.07) is 7.23. The Morgan fingerprint density at radius 1 is 1.12 bits per heavy atom. The number of rotatable bonds is 10. The van der Waals surface area contributed by atoms with E-state index >= 15 is 0 Å². The molecule has 1 aromatic carbocycles. The number of carboxylic acids is 1. The van der Waals surface area contributed by atoms with E-state index in [0.29, 0.717) is 12.3 Å². The van der Waals surface area contributed by atoms with Crippen molar-refractivity contribution in [3.05, 3.63) is 40.7 Å². The molecule has 0 saturated carbocycles. The summed E-state index contributed by atoms with van der Waals surface area (Å²) in [6.45, 7) is 0.404. The molecule has 0 fully saturated rings. The predicted molar refractivity (Wildman–Crippen MR) is 135 cm³/mol. The van der Waals surface area contributed by atoms with E-state index < -0.39 is 18.1 Å². The number of benzene rings is 1. The monoisotopic (exact) mass is 536 g/mol. The minimum absolute atomic E-state index is 0. The van der Waals surface area contributed by atoms with E-state index in [1.165, 1.54) is 0 Å². The first-order valence-corrected chi connectivity index (χ1v) is 9.96. The average molecular weight is 538 g/mol. The third-order valence-corrected chi connectivity index (χ3v) is 4.38. The second kappa shape index (κ2) is 15.0. The van der Waals surface area contributed by atoms with E-state index in [9.17, 15) is 9.59 Å². The van der Waals surface area contributed by atoms with Crippen molar-refractivity contribution in [2.45, 2.75) is 31.9 Å². The zero-order valence-corrected chi connectivity index (χ0v) is 20.3. The van der Waals surface area contributed by atoms with Crippen LogP contribution in [0, 0.1) is 0 Å². The number of nitrogens with two attached hydrogens (primary N) is 4. The van der Waals surface area contributed by atoms with Crippen LogP contribution >= 0.6 is 36.4 Å². The number of aliphatic imine (C=N–C) groups is 1. The largest absolute Gasteiger partial charge is 0.481 e. The number of guanidine groups is 1. The Balaban J connectivity index is 0.00000544. The molecular formula is C19H27Cl3N8O4. The average Bonchev–Trinajstić information content (AvgIpc) is 2.71. The lowest BCUT2D eigenvalue weighted by atomic mass is 10.1. The molecule has 15 heteroatoms. The van der Waals surface area contributed by atoms with Gasteiger partial charge in [0.05, 0.1) is 6.42 Å². The third-order valence-electron chi connectivity index (χ3n) is 4.10. The molecule has 1 amide bonds. The fraction of sp³-hybridized carbons (Fsp3) is 0.316. The van der Waals surface area contributed by atoms with Crippen molar-refractivity contribution in [1.29, 1.82) is 0 Å². The fourth-order valence-corrected chi connectivity index (χ4v) is 2.71. The zero-order chi connectivity index (χ0) is 23.7. The van der Waals surface area contributed by atoms with Crippen LogP contribution in [0.15, 0.2) is 29.3 Å². The highest BCUT2D eigenvalue weighted by atomic mass is 35.5. The van der Waals surface area contributed by atoms with Crippen LogP contribution in [0.1, 0.15) is 35.3 Å². The topological polar surface area (TPSA) is 218 Å². The summed E-state index contributed by atoms with van der Waals surface area (Å²) in [6.07, 6.45) is 1.17. The summed E-state index contributed by atoms with van der Waals surface area (Å²) in [4.78, 5) is 34.4. The van der Waals surface area contributed by atoms with Gasteiger partial charge in [0.2, 0.25) is 0 Å². The number of nitrogens with zero attached hydrogens (tertiary/aromatic N) is 3. The summed E-state index contributed by atoms with van der Waals surface area (Å²) < 4.78 is 5.33. The minimum atomic E-state index is -1.02. The van der Waals surface area contributed by atoms with Gasteiger partial charge in [-0.3, -0.25) is 25.6 Å². The van der Waals surface area contributed by atoms with E-state index in [1.807, 2.05) is 12.1 Å². The van der Waals surface area contributed by atoms with E-state index in [2.05, 4.69) is 20.3 Å². The van der Waals surface area contributed by atoms with Gasteiger partial charge in [-0.15, -0.1) is 24.8 Å². The van der Waals surface area contributed by atoms with Gasteiger partial charge in [-0.1, -0.05) is 23.7 Å². The van der Waals surface area contributed by atoms with Crippen molar-refractivity contribution in [2.75, 3.05) is 18.0 Å². The number of carbonyl (C=O) groups is 2. The first kappa shape index (κ1) is 30.9. The summed E-state index contributed by atoms with van der Waals surface area (Å²) in [5, 5.41) is 10.9. The molecule has 12 nitrogen and oxygen atoms in total. The summed E-state index contributed by atoms with van der Waals surface area (Å²) >= 11 is 5.75. The lowest BCUT2D eigenvalue weighted by Gasteiger charge is -2.12. The summed E-state index contributed by atoms with van der Waals surface area (Å²) in [5.74, 6) is -1.54. The second-order valence-corrected chi connectivity index (χ2v) is 7.07. The first-order valence-electron chi connectivity index (χ1n) is 9.58. The van der Waals surface area contributed by atoms with Crippen LogP contribution in [0.2, 0.25) is 5.15 Å². The lowest BCUT2D eigenvalue weighted by molar-refractivity contribution is -0.138. The number of unbranched alkanes of at least 4 members (excludes halogenated alkanes) is 1. The van der Waals surface area contributed by atoms with Gasteiger partial charge in [-0.25, -0.2) is 9.97 Å². The maximum Gasteiger partial charge on any atom is 0.308 e. The maximum atomic E-state index is 12.2. The molecule has 0 unspecified atom stereocenters. The Kier molecular flexibility index (Phi) is 13.6. The quantitative estimate of drug-likeness (QED) is 0.110. The van der Waals surface area contributed by atoms with Gasteiger partial charge in [-0.2, -0.15) is 0 Å². The number of carbonyl (C=O) groups excluding carboxylic acids is 1. The first-order chi connectivity index (χ1) is 15.2. The van der Waals surface area contributed by atoms with E-state index in [1.54, 1.807) is 12.1 Å². The van der Waals surface area contributed by atoms with Gasteiger partial charge in [0.25, 0.3) is 5.91 Å². The Morgan fingerprint density at radius 3 is 2.38 bits per heavy atom. The molecule has 1 heterocycles. The number of aliphatic carboxylic acids is 1. The number of hydrogen-bond acceptors (Lipinski definition) is 9. The van der Waals surface area contributed by atoms with Gasteiger partial charge in [0, 0.05) is 6.54 Å². The molecule has 2 rings (SSSR count). The van der Waals surface area contributed by atoms with Crippen molar-refractivity contribution in [3.8, 4) is 5.75 Å². The van der Waals surface area contributed by atoms with Crippen LogP contribution in [0.25, 0.3) is 0 Å². The zero-order valence-electron chi connectivity index (χ0n) is 17.9. The number of carboxylic acid groups (broad SMARTS) is 1. The van der Waals surface area contributed by atoms with Crippen LogP contribution in [0.3, 0.4) is 0 Å². The Labute approximate surface area is 213 Å².